The van der Waals surface area contributed by atoms with Crippen molar-refractivity contribution in [1.82, 2.24) is 14.8 Å². The minimum Gasteiger partial charge on any atom is -0.380 e. The summed E-state index contributed by atoms with van der Waals surface area (Å²) in [6.07, 6.45) is 1.58. The van der Waals surface area contributed by atoms with Crippen LogP contribution in [0.4, 0.5) is 0 Å². The van der Waals surface area contributed by atoms with Crippen molar-refractivity contribution in [2.45, 2.75) is 31.6 Å². The van der Waals surface area contributed by atoms with Gasteiger partial charge in [-0.25, -0.2) is 13.1 Å². The average molecular weight is 341 g/mol. The van der Waals surface area contributed by atoms with Crippen molar-refractivity contribution in [3.8, 4) is 0 Å². The Morgan fingerprint density at radius 1 is 1.48 bits per heavy atom. The van der Waals surface area contributed by atoms with Gasteiger partial charge in [0.15, 0.2) is 0 Å². The monoisotopic (exact) mass is 341 g/mol. The summed E-state index contributed by atoms with van der Waals surface area (Å²) in [5.74, 6) is 1.19. The predicted octanol–water partition coefficient (Wildman–Crippen LogP) is 0.513. The fourth-order valence-corrected chi connectivity index (χ4v) is 5.26. The van der Waals surface area contributed by atoms with Gasteiger partial charge in [0.25, 0.3) is 0 Å². The smallest absolute Gasteiger partial charge is 0.214 e. The zero-order valence-electron chi connectivity index (χ0n) is 13.3. The Bertz CT molecular complexity index is 685. The molecule has 0 unspecified atom stereocenters. The van der Waals surface area contributed by atoms with E-state index < -0.39 is 10.0 Å². The van der Waals surface area contributed by atoms with E-state index in [1.807, 2.05) is 13.0 Å². The Balaban J connectivity index is 1.42. The van der Waals surface area contributed by atoms with E-state index in [0.717, 1.165) is 43.9 Å². The fourth-order valence-electron chi connectivity index (χ4n) is 3.78. The largest absolute Gasteiger partial charge is 0.380 e. The second kappa shape index (κ2) is 5.54. The number of sulfonamides is 1. The maximum Gasteiger partial charge on any atom is 0.214 e. The van der Waals surface area contributed by atoms with Gasteiger partial charge in [0, 0.05) is 43.6 Å². The van der Waals surface area contributed by atoms with E-state index in [1.54, 1.807) is 0 Å². The van der Waals surface area contributed by atoms with Crippen LogP contribution in [-0.2, 0) is 21.3 Å². The van der Waals surface area contributed by atoms with Crippen molar-refractivity contribution in [3.63, 3.8) is 0 Å². The number of fused-ring (bicyclic) bond motifs is 1. The third kappa shape index (κ3) is 3.05. The number of nitrogens with zero attached hydrogens (tertiary/aromatic N) is 2. The third-order valence-electron chi connectivity index (χ3n) is 5.24. The molecule has 7 nitrogen and oxygen atoms in total. The van der Waals surface area contributed by atoms with Crippen LogP contribution >= 0.6 is 0 Å². The minimum atomic E-state index is -3.14. The first kappa shape index (κ1) is 15.6. The van der Waals surface area contributed by atoms with Crippen LogP contribution in [0.1, 0.15) is 24.3 Å². The van der Waals surface area contributed by atoms with E-state index in [-0.39, 0.29) is 10.7 Å². The summed E-state index contributed by atoms with van der Waals surface area (Å²) in [5, 5.41) is 3.88. The first-order chi connectivity index (χ1) is 11.0. The van der Waals surface area contributed by atoms with Crippen molar-refractivity contribution in [1.29, 1.82) is 0 Å². The maximum absolute atomic E-state index is 12.1. The summed E-state index contributed by atoms with van der Waals surface area (Å²) in [5.41, 5.74) is 0.817. The Kier molecular flexibility index (Phi) is 3.75. The molecule has 3 fully saturated rings. The second-order valence-corrected chi connectivity index (χ2v) is 9.28. The highest BCUT2D eigenvalue weighted by Crippen LogP contribution is 2.41. The van der Waals surface area contributed by atoms with Crippen molar-refractivity contribution in [2.75, 3.05) is 32.8 Å². The summed E-state index contributed by atoms with van der Waals surface area (Å²) < 4.78 is 37.9. The molecule has 23 heavy (non-hydrogen) atoms. The molecule has 1 aromatic heterocycles. The van der Waals surface area contributed by atoms with E-state index in [1.165, 1.54) is 0 Å². The molecule has 1 aromatic rings. The lowest BCUT2D eigenvalue weighted by Crippen LogP contribution is -2.43. The summed E-state index contributed by atoms with van der Waals surface area (Å²) in [7, 11) is -3.14. The number of rotatable bonds is 6. The van der Waals surface area contributed by atoms with Crippen molar-refractivity contribution >= 4 is 10.0 Å². The van der Waals surface area contributed by atoms with E-state index >= 15 is 0 Å². The molecule has 2 saturated heterocycles. The van der Waals surface area contributed by atoms with Crippen LogP contribution < -0.4 is 4.72 Å². The normalized spacial score (nSPS) is 31.6. The number of aryl methyl sites for hydroxylation is 1. The molecule has 0 radical (unpaired) electrons. The van der Waals surface area contributed by atoms with Gasteiger partial charge in [0.05, 0.1) is 24.2 Å². The van der Waals surface area contributed by atoms with Gasteiger partial charge in [0.1, 0.15) is 5.76 Å². The van der Waals surface area contributed by atoms with Gasteiger partial charge in [-0.15, -0.1) is 0 Å². The van der Waals surface area contributed by atoms with Gasteiger partial charge >= 0.3 is 0 Å². The molecule has 0 spiro atoms. The zero-order chi connectivity index (χ0) is 16.1. The van der Waals surface area contributed by atoms with Gasteiger partial charge < -0.3 is 9.26 Å². The molecule has 3 aliphatic rings. The quantitative estimate of drug-likeness (QED) is 0.812. The zero-order valence-corrected chi connectivity index (χ0v) is 14.1. The summed E-state index contributed by atoms with van der Waals surface area (Å²) >= 11 is 0. The third-order valence-corrected chi connectivity index (χ3v) is 7.14. The standard InChI is InChI=1S/C15H23N3O4S/c1-11-4-13(17-22-11)6-18-5-12-7-21-10-15(12,9-18)8-16-23(19,20)14-2-3-14/h4,12,14,16H,2-3,5-10H2,1H3/t12-,15+/m1/s1. The van der Waals surface area contributed by atoms with Gasteiger partial charge in [0.2, 0.25) is 10.0 Å². The molecule has 1 saturated carbocycles. The summed E-state index contributed by atoms with van der Waals surface area (Å²) in [6, 6.07) is 1.95. The topological polar surface area (TPSA) is 84.7 Å². The van der Waals surface area contributed by atoms with Crippen LogP contribution in [0.2, 0.25) is 0 Å². The van der Waals surface area contributed by atoms with Crippen molar-refractivity contribution < 1.29 is 17.7 Å². The van der Waals surface area contributed by atoms with Crippen molar-refractivity contribution in [3.05, 3.63) is 17.5 Å². The molecule has 3 heterocycles. The van der Waals surface area contributed by atoms with Gasteiger partial charge in [-0.05, 0) is 19.8 Å². The lowest BCUT2D eigenvalue weighted by molar-refractivity contribution is 0.127. The average Bonchev–Trinajstić information content (AvgIpc) is 3.07. The Labute approximate surface area is 136 Å². The first-order valence-corrected chi connectivity index (χ1v) is 9.72. The summed E-state index contributed by atoms with van der Waals surface area (Å²) in [6.45, 7) is 6.18. The van der Waals surface area contributed by atoms with Crippen LogP contribution in [0.3, 0.4) is 0 Å². The molecule has 0 aromatic carbocycles. The Hall–Kier alpha value is -0.960. The predicted molar refractivity (Wildman–Crippen MR) is 83.2 cm³/mol. The van der Waals surface area contributed by atoms with E-state index in [4.69, 9.17) is 9.26 Å². The minimum absolute atomic E-state index is 0.110. The Morgan fingerprint density at radius 3 is 3.00 bits per heavy atom. The van der Waals surface area contributed by atoms with Gasteiger partial charge in [-0.3, -0.25) is 4.90 Å². The van der Waals surface area contributed by atoms with E-state index in [2.05, 4.69) is 14.8 Å². The molecule has 0 bridgehead atoms. The summed E-state index contributed by atoms with van der Waals surface area (Å²) in [4.78, 5) is 2.33. The molecule has 1 N–H and O–H groups in total. The van der Waals surface area contributed by atoms with E-state index in [0.29, 0.717) is 25.7 Å². The highest BCUT2D eigenvalue weighted by atomic mass is 32.2. The highest BCUT2D eigenvalue weighted by molar-refractivity contribution is 7.90. The van der Waals surface area contributed by atoms with Crippen molar-refractivity contribution in [2.24, 2.45) is 11.3 Å². The van der Waals surface area contributed by atoms with Crippen LogP contribution in [0.25, 0.3) is 0 Å². The highest BCUT2D eigenvalue weighted by Gasteiger charge is 2.51. The lowest BCUT2D eigenvalue weighted by Gasteiger charge is -2.27. The number of likely N-dealkylation sites (tertiary alicyclic amines) is 1. The maximum atomic E-state index is 12.1. The number of ether oxygens (including phenoxy) is 1. The van der Waals surface area contributed by atoms with Gasteiger partial charge in [-0.1, -0.05) is 5.16 Å². The first-order valence-electron chi connectivity index (χ1n) is 8.18. The van der Waals surface area contributed by atoms with Crippen LogP contribution in [0.5, 0.6) is 0 Å². The van der Waals surface area contributed by atoms with Crippen LogP contribution in [0, 0.1) is 18.3 Å². The van der Waals surface area contributed by atoms with Crippen LogP contribution in [-0.4, -0.2) is 56.6 Å². The lowest BCUT2D eigenvalue weighted by atomic mass is 9.81. The molecular weight excluding hydrogens is 318 g/mol. The van der Waals surface area contributed by atoms with E-state index in [9.17, 15) is 8.42 Å². The number of nitrogens with one attached hydrogen (secondary N) is 1. The molecule has 0 amide bonds. The molecule has 4 rings (SSSR count). The molecule has 8 heteroatoms. The molecule has 128 valence electrons. The number of aromatic nitrogens is 1. The second-order valence-electron chi connectivity index (χ2n) is 7.24. The SMILES string of the molecule is Cc1cc(CN2C[C@@H]3COC[C@]3(CNS(=O)(=O)C3CC3)C2)no1. The number of hydrogen-bond donors (Lipinski definition) is 1. The number of hydrogen-bond acceptors (Lipinski definition) is 6. The molecule has 1 aliphatic carbocycles. The molecule has 2 aliphatic heterocycles. The molecule has 2 atom stereocenters. The van der Waals surface area contributed by atoms with Gasteiger partial charge in [-0.2, -0.15) is 0 Å². The Morgan fingerprint density at radius 2 is 2.30 bits per heavy atom. The molecular formula is C15H23N3O4S. The van der Waals surface area contributed by atoms with Crippen LogP contribution in [0.15, 0.2) is 10.6 Å². The fraction of sp³-hybridized carbons (Fsp3) is 0.800.